The molecule has 0 aliphatic rings. The van der Waals surface area contributed by atoms with Crippen molar-refractivity contribution >= 4 is 40.5 Å². The smallest absolute Gasteiger partial charge is 0.343 e. The zero-order valence-corrected chi connectivity index (χ0v) is 18.9. The number of hydrogen-bond acceptors (Lipinski definition) is 6. The molecule has 0 saturated heterocycles. The summed E-state index contributed by atoms with van der Waals surface area (Å²) in [6.45, 7) is 1.59. The van der Waals surface area contributed by atoms with E-state index in [4.69, 9.17) is 9.47 Å². The number of halogens is 1. The van der Waals surface area contributed by atoms with E-state index in [1.165, 1.54) is 20.3 Å². The van der Waals surface area contributed by atoms with Gasteiger partial charge in [0.05, 0.1) is 23.8 Å². The Morgan fingerprint density at radius 2 is 1.93 bits per heavy atom. The van der Waals surface area contributed by atoms with Crippen LogP contribution in [0, 0.1) is 14.9 Å². The molecule has 0 aliphatic carbocycles. The fraction of sp³-hybridized carbons (Fsp3) is 0.227. The van der Waals surface area contributed by atoms with Crippen molar-refractivity contribution in [3.63, 3.8) is 0 Å². The lowest BCUT2D eigenvalue weighted by molar-refractivity contribution is -0.143. The number of esters is 1. The first-order chi connectivity index (χ1) is 14.4. The Labute approximate surface area is 188 Å². The molecule has 7 nitrogen and oxygen atoms in total. The van der Waals surface area contributed by atoms with Crippen LogP contribution in [0.5, 0.6) is 11.5 Å². The third-order valence-corrected chi connectivity index (χ3v) is 4.94. The van der Waals surface area contributed by atoms with E-state index in [0.717, 1.165) is 5.56 Å². The van der Waals surface area contributed by atoms with Gasteiger partial charge in [0.25, 0.3) is 5.91 Å². The molecule has 2 aromatic carbocycles. The van der Waals surface area contributed by atoms with Crippen LogP contribution in [0.15, 0.2) is 48.0 Å². The quantitative estimate of drug-likeness (QED) is 0.247. The second kappa shape index (κ2) is 11.2. The number of carbonyl (C=O) groups is 2. The molecule has 0 unspecified atom stereocenters. The molecule has 0 radical (unpaired) electrons. The Morgan fingerprint density at radius 3 is 2.53 bits per heavy atom. The van der Waals surface area contributed by atoms with Gasteiger partial charge in [0.2, 0.25) is 0 Å². The number of hydrogen-bond donors (Lipinski definition) is 1. The molecule has 0 fully saturated rings. The highest BCUT2D eigenvalue weighted by Gasteiger charge is 2.16. The second-order valence-corrected chi connectivity index (χ2v) is 7.34. The van der Waals surface area contributed by atoms with Crippen LogP contribution in [0.3, 0.4) is 0 Å². The highest BCUT2D eigenvalue weighted by atomic mass is 127. The number of ether oxygens (including phenoxy) is 3. The highest BCUT2D eigenvalue weighted by Crippen LogP contribution is 2.34. The minimum atomic E-state index is -0.521. The van der Waals surface area contributed by atoms with E-state index < -0.39 is 11.9 Å². The van der Waals surface area contributed by atoms with Crippen LogP contribution in [0.2, 0.25) is 0 Å². The summed E-state index contributed by atoms with van der Waals surface area (Å²) in [5.74, 6) is -0.254. The SMILES string of the molecule is COC(=O)COc1c(I)cc(/C=C(/C#N)C(=O)N[C@H](C)c2ccccc2)cc1OC. The first kappa shape index (κ1) is 23.2. The zero-order chi connectivity index (χ0) is 22.1. The molecular weight excluding hydrogens is 499 g/mol. The number of nitriles is 1. The molecule has 0 spiro atoms. The van der Waals surface area contributed by atoms with E-state index in [0.29, 0.717) is 20.6 Å². The van der Waals surface area contributed by atoms with Gasteiger partial charge < -0.3 is 19.5 Å². The summed E-state index contributed by atoms with van der Waals surface area (Å²) in [6.07, 6.45) is 1.47. The Balaban J connectivity index is 2.24. The summed E-state index contributed by atoms with van der Waals surface area (Å²) < 4.78 is 16.0. The first-order valence-corrected chi connectivity index (χ1v) is 10.0. The molecule has 0 bridgehead atoms. The average Bonchev–Trinajstić information content (AvgIpc) is 2.76. The lowest BCUT2D eigenvalue weighted by atomic mass is 10.1. The van der Waals surface area contributed by atoms with Crippen LogP contribution in [0.4, 0.5) is 0 Å². The Morgan fingerprint density at radius 1 is 1.23 bits per heavy atom. The van der Waals surface area contributed by atoms with E-state index in [1.807, 2.05) is 65.9 Å². The maximum Gasteiger partial charge on any atom is 0.343 e. The van der Waals surface area contributed by atoms with E-state index in [2.05, 4.69) is 10.1 Å². The van der Waals surface area contributed by atoms with Crippen molar-refractivity contribution in [2.45, 2.75) is 13.0 Å². The molecule has 156 valence electrons. The predicted molar refractivity (Wildman–Crippen MR) is 120 cm³/mol. The predicted octanol–water partition coefficient (Wildman–Crippen LogP) is 3.64. The van der Waals surface area contributed by atoms with Gasteiger partial charge in [-0.25, -0.2) is 4.79 Å². The number of carbonyl (C=O) groups excluding carboxylic acids is 2. The molecular formula is C22H21IN2O5. The van der Waals surface area contributed by atoms with Crippen molar-refractivity contribution in [2.75, 3.05) is 20.8 Å². The van der Waals surface area contributed by atoms with Gasteiger partial charge in [0.1, 0.15) is 11.6 Å². The molecule has 8 heteroatoms. The summed E-state index contributed by atoms with van der Waals surface area (Å²) in [5.41, 5.74) is 1.48. The fourth-order valence-corrected chi connectivity index (χ4v) is 3.35. The van der Waals surface area contributed by atoms with Gasteiger partial charge in [-0.2, -0.15) is 5.26 Å². The molecule has 0 saturated carbocycles. The second-order valence-electron chi connectivity index (χ2n) is 6.17. The molecule has 1 atom stereocenters. The van der Waals surface area contributed by atoms with E-state index in [1.54, 1.807) is 12.1 Å². The van der Waals surface area contributed by atoms with Gasteiger partial charge in [0, 0.05) is 0 Å². The number of nitrogens with zero attached hydrogens (tertiary/aromatic N) is 1. The van der Waals surface area contributed by atoms with Crippen molar-refractivity contribution in [3.05, 3.63) is 62.7 Å². The average molecular weight is 520 g/mol. The van der Waals surface area contributed by atoms with Crippen molar-refractivity contribution in [1.82, 2.24) is 5.32 Å². The van der Waals surface area contributed by atoms with Crippen molar-refractivity contribution in [3.8, 4) is 17.6 Å². The number of benzene rings is 2. The summed E-state index contributed by atoms with van der Waals surface area (Å²) in [7, 11) is 2.73. The lowest BCUT2D eigenvalue weighted by Gasteiger charge is -2.14. The largest absolute Gasteiger partial charge is 0.493 e. The molecule has 2 rings (SSSR count). The summed E-state index contributed by atoms with van der Waals surface area (Å²) in [4.78, 5) is 23.9. The summed E-state index contributed by atoms with van der Waals surface area (Å²) >= 11 is 2.03. The van der Waals surface area contributed by atoms with Crippen LogP contribution in [-0.4, -0.2) is 32.7 Å². The summed E-state index contributed by atoms with van der Waals surface area (Å²) in [5, 5.41) is 12.3. The number of nitrogens with one attached hydrogen (secondary N) is 1. The highest BCUT2D eigenvalue weighted by molar-refractivity contribution is 14.1. The Kier molecular flexibility index (Phi) is 8.68. The zero-order valence-electron chi connectivity index (χ0n) is 16.8. The van der Waals surface area contributed by atoms with Gasteiger partial charge in [0.15, 0.2) is 18.1 Å². The molecule has 1 amide bonds. The molecule has 2 aromatic rings. The normalized spacial score (nSPS) is 11.8. The van der Waals surface area contributed by atoms with Gasteiger partial charge in [-0.3, -0.25) is 4.79 Å². The van der Waals surface area contributed by atoms with Gasteiger partial charge in [-0.1, -0.05) is 30.3 Å². The first-order valence-electron chi connectivity index (χ1n) is 8.94. The molecule has 0 aromatic heterocycles. The maximum absolute atomic E-state index is 12.6. The van der Waals surface area contributed by atoms with Crippen molar-refractivity contribution in [2.24, 2.45) is 0 Å². The van der Waals surface area contributed by atoms with E-state index >= 15 is 0 Å². The molecule has 30 heavy (non-hydrogen) atoms. The van der Waals surface area contributed by atoms with Crippen molar-refractivity contribution < 1.29 is 23.8 Å². The van der Waals surface area contributed by atoms with Gasteiger partial charge in [-0.15, -0.1) is 0 Å². The number of methoxy groups -OCH3 is 2. The Bertz CT molecular complexity index is 983. The van der Waals surface area contributed by atoms with Crippen LogP contribution in [0.25, 0.3) is 6.08 Å². The molecule has 0 heterocycles. The van der Waals surface area contributed by atoms with Crippen molar-refractivity contribution in [1.29, 1.82) is 5.26 Å². The van der Waals surface area contributed by atoms with Crippen LogP contribution in [0.1, 0.15) is 24.1 Å². The van der Waals surface area contributed by atoms with E-state index in [9.17, 15) is 14.9 Å². The number of rotatable bonds is 8. The maximum atomic E-state index is 12.6. The fourth-order valence-electron chi connectivity index (χ4n) is 2.57. The van der Waals surface area contributed by atoms with Gasteiger partial charge in [-0.05, 0) is 58.9 Å². The monoisotopic (exact) mass is 520 g/mol. The molecule has 0 aliphatic heterocycles. The van der Waals surface area contributed by atoms with Crippen LogP contribution in [-0.2, 0) is 14.3 Å². The minimum Gasteiger partial charge on any atom is -0.493 e. The third kappa shape index (κ3) is 6.22. The lowest BCUT2D eigenvalue weighted by Crippen LogP contribution is -2.27. The van der Waals surface area contributed by atoms with Crippen LogP contribution >= 0.6 is 22.6 Å². The standard InChI is InChI=1S/C22H21IN2O5/c1-14(16-7-5-4-6-8-16)25-22(27)17(12-24)9-15-10-18(23)21(19(11-15)28-2)30-13-20(26)29-3/h4-11,14H,13H2,1-3H3,(H,25,27)/b17-9-/t14-/m1/s1. The summed E-state index contributed by atoms with van der Waals surface area (Å²) in [6, 6.07) is 14.5. The Hall–Kier alpha value is -3.06. The topological polar surface area (TPSA) is 97.7 Å². The minimum absolute atomic E-state index is 0.0427. The van der Waals surface area contributed by atoms with Gasteiger partial charge >= 0.3 is 5.97 Å². The van der Waals surface area contributed by atoms with E-state index in [-0.39, 0.29) is 18.2 Å². The third-order valence-electron chi connectivity index (χ3n) is 4.14. The van der Waals surface area contributed by atoms with Crippen LogP contribution < -0.4 is 14.8 Å². The number of amides is 1. The molecule has 1 N–H and O–H groups in total.